The molecule has 0 spiro atoms. The Labute approximate surface area is 169 Å². The van der Waals surface area contributed by atoms with Crippen molar-refractivity contribution in [1.82, 2.24) is 0 Å². The minimum atomic E-state index is -3.97. The molecule has 8 nitrogen and oxygen atoms in total. The fourth-order valence-corrected chi connectivity index (χ4v) is 6.32. The van der Waals surface area contributed by atoms with E-state index in [-0.39, 0.29) is 25.4 Å². The van der Waals surface area contributed by atoms with Crippen molar-refractivity contribution >= 4 is 60.1 Å². The molecule has 3 aromatic rings. The van der Waals surface area contributed by atoms with E-state index in [1.165, 1.54) is 37.4 Å². The third kappa shape index (κ3) is 4.35. The average Bonchev–Trinajstić information content (AvgIpc) is 3.36. The van der Waals surface area contributed by atoms with E-state index >= 15 is 0 Å². The first-order valence-corrected chi connectivity index (χ1v) is 12.3. The third-order valence-electron chi connectivity index (χ3n) is 3.45. The van der Waals surface area contributed by atoms with Crippen LogP contribution in [0.15, 0.2) is 61.6 Å². The van der Waals surface area contributed by atoms with Crippen LogP contribution in [0.4, 0.5) is 11.4 Å². The fraction of sp³-hybridized carbons (Fsp3) is 0.0625. The lowest BCUT2D eigenvalue weighted by atomic mass is 10.2. The van der Waals surface area contributed by atoms with Crippen molar-refractivity contribution in [2.24, 2.45) is 0 Å². The number of methoxy groups -OCH3 is 1. The molecule has 12 heteroatoms. The second kappa shape index (κ2) is 7.91. The molecule has 3 rings (SSSR count). The number of carbonyl (C=O) groups excluding carboxylic acids is 1. The van der Waals surface area contributed by atoms with Crippen LogP contribution in [-0.4, -0.2) is 29.9 Å². The zero-order chi connectivity index (χ0) is 20.4. The molecule has 0 fully saturated rings. The van der Waals surface area contributed by atoms with Crippen LogP contribution in [-0.2, 0) is 24.8 Å². The molecule has 0 saturated heterocycles. The summed E-state index contributed by atoms with van der Waals surface area (Å²) < 4.78 is 59.6. The third-order valence-corrected chi connectivity index (χ3v) is 8.98. The summed E-state index contributed by atoms with van der Waals surface area (Å²) in [7, 11) is -6.70. The molecule has 2 heterocycles. The highest BCUT2D eigenvalue weighted by molar-refractivity contribution is 7.95. The van der Waals surface area contributed by atoms with Gasteiger partial charge in [-0.3, -0.25) is 9.44 Å². The van der Waals surface area contributed by atoms with Crippen molar-refractivity contribution in [3.05, 3.63) is 58.8 Å². The zero-order valence-electron chi connectivity index (χ0n) is 14.3. The summed E-state index contributed by atoms with van der Waals surface area (Å²) in [6, 6.07) is 9.83. The maximum absolute atomic E-state index is 12.6. The lowest BCUT2D eigenvalue weighted by molar-refractivity contribution is 0.0601. The molecule has 0 aliphatic rings. The number of ether oxygens (including phenoxy) is 1. The van der Waals surface area contributed by atoms with Crippen LogP contribution >= 0.6 is 22.7 Å². The van der Waals surface area contributed by atoms with Gasteiger partial charge >= 0.3 is 5.97 Å². The lowest BCUT2D eigenvalue weighted by Crippen LogP contribution is -2.17. The number of nitrogens with one attached hydrogen (secondary N) is 2. The molecule has 0 amide bonds. The van der Waals surface area contributed by atoms with E-state index in [0.717, 1.165) is 22.7 Å². The van der Waals surface area contributed by atoms with Gasteiger partial charge in [-0.2, -0.15) is 0 Å². The topological polar surface area (TPSA) is 119 Å². The second-order valence-corrected chi connectivity index (χ2v) is 11.0. The van der Waals surface area contributed by atoms with Crippen LogP contribution in [0.1, 0.15) is 10.4 Å². The largest absolute Gasteiger partial charge is 0.465 e. The first-order valence-electron chi connectivity index (χ1n) is 7.58. The summed E-state index contributed by atoms with van der Waals surface area (Å²) in [6.45, 7) is 0. The smallest absolute Gasteiger partial charge is 0.337 e. The summed E-state index contributed by atoms with van der Waals surface area (Å²) in [5, 5.41) is 3.20. The molecule has 0 radical (unpaired) electrons. The quantitative estimate of drug-likeness (QED) is 0.525. The van der Waals surface area contributed by atoms with E-state index in [0.29, 0.717) is 0 Å². The Morgan fingerprint density at radius 3 is 1.86 bits per heavy atom. The van der Waals surface area contributed by atoms with Gasteiger partial charge in [0, 0.05) is 0 Å². The summed E-state index contributed by atoms with van der Waals surface area (Å²) >= 11 is 2.02. The van der Waals surface area contributed by atoms with Gasteiger partial charge in [-0.1, -0.05) is 12.1 Å². The highest BCUT2D eigenvalue weighted by atomic mass is 32.3. The van der Waals surface area contributed by atoms with Crippen LogP contribution in [0.3, 0.4) is 0 Å². The monoisotopic (exact) mass is 458 g/mol. The van der Waals surface area contributed by atoms with Gasteiger partial charge in [0.1, 0.15) is 8.42 Å². The minimum Gasteiger partial charge on any atom is -0.465 e. The highest BCUT2D eigenvalue weighted by Gasteiger charge is 2.22. The minimum absolute atomic E-state index is 0.0267. The maximum Gasteiger partial charge on any atom is 0.337 e. The predicted molar refractivity (Wildman–Crippen MR) is 108 cm³/mol. The molecule has 0 aliphatic carbocycles. The SMILES string of the molecule is COC(=O)c1ccc(NS(=O)(=O)c2cccs2)c(NS(=O)(=O)c2cccs2)c1. The van der Waals surface area contributed by atoms with Gasteiger partial charge in [-0.05, 0) is 41.1 Å². The number of hydrogen-bond donors (Lipinski definition) is 2. The van der Waals surface area contributed by atoms with Gasteiger partial charge in [0.25, 0.3) is 20.0 Å². The lowest BCUT2D eigenvalue weighted by Gasteiger charge is -2.14. The van der Waals surface area contributed by atoms with Crippen LogP contribution in [0, 0.1) is 0 Å². The van der Waals surface area contributed by atoms with Gasteiger partial charge in [-0.15, -0.1) is 22.7 Å². The molecule has 0 aliphatic heterocycles. The molecule has 0 unspecified atom stereocenters. The number of esters is 1. The van der Waals surface area contributed by atoms with E-state index in [9.17, 15) is 21.6 Å². The Kier molecular flexibility index (Phi) is 5.74. The zero-order valence-corrected chi connectivity index (χ0v) is 17.5. The highest BCUT2D eigenvalue weighted by Crippen LogP contribution is 2.30. The Morgan fingerprint density at radius 2 is 1.39 bits per heavy atom. The molecule has 2 aromatic heterocycles. The number of thiophene rings is 2. The van der Waals surface area contributed by atoms with Crippen LogP contribution in [0.5, 0.6) is 0 Å². The van der Waals surface area contributed by atoms with Crippen LogP contribution < -0.4 is 9.44 Å². The van der Waals surface area contributed by atoms with E-state index in [1.807, 2.05) is 0 Å². The number of carbonyl (C=O) groups is 1. The van der Waals surface area contributed by atoms with Crippen molar-refractivity contribution in [2.75, 3.05) is 16.6 Å². The second-order valence-electron chi connectivity index (χ2n) is 5.33. The van der Waals surface area contributed by atoms with E-state index in [2.05, 4.69) is 14.2 Å². The van der Waals surface area contributed by atoms with Gasteiger partial charge in [0.2, 0.25) is 0 Å². The van der Waals surface area contributed by atoms with E-state index < -0.39 is 26.0 Å². The maximum atomic E-state index is 12.6. The molecular formula is C16H14N2O6S4. The molecular weight excluding hydrogens is 444 g/mol. The van der Waals surface area contributed by atoms with Crippen molar-refractivity contribution in [1.29, 1.82) is 0 Å². The van der Waals surface area contributed by atoms with Gasteiger partial charge in [0.15, 0.2) is 0 Å². The van der Waals surface area contributed by atoms with Crippen molar-refractivity contribution in [3.63, 3.8) is 0 Å². The molecule has 0 saturated carbocycles. The molecule has 0 bridgehead atoms. The van der Waals surface area contributed by atoms with Crippen molar-refractivity contribution < 1.29 is 26.4 Å². The van der Waals surface area contributed by atoms with Crippen molar-refractivity contribution in [3.8, 4) is 0 Å². The predicted octanol–water partition coefficient (Wildman–Crippen LogP) is 3.20. The Balaban J connectivity index is 2.03. The summed E-state index contributed by atoms with van der Waals surface area (Å²) in [6.07, 6.45) is 0. The first-order chi connectivity index (χ1) is 13.2. The van der Waals surface area contributed by atoms with Crippen molar-refractivity contribution in [2.45, 2.75) is 8.42 Å². The normalized spacial score (nSPS) is 11.8. The summed E-state index contributed by atoms with van der Waals surface area (Å²) in [5.74, 6) is -0.691. The average molecular weight is 459 g/mol. The number of rotatable bonds is 7. The number of sulfonamides is 2. The van der Waals surface area contributed by atoms with E-state index in [1.54, 1.807) is 22.9 Å². The summed E-state index contributed by atoms with van der Waals surface area (Å²) in [5.41, 5.74) is -0.0666. The van der Waals surface area contributed by atoms with Gasteiger partial charge in [-0.25, -0.2) is 21.6 Å². The van der Waals surface area contributed by atoms with Crippen LogP contribution in [0.25, 0.3) is 0 Å². The Hall–Kier alpha value is -2.41. The number of hydrogen-bond acceptors (Lipinski definition) is 8. The van der Waals surface area contributed by atoms with E-state index in [4.69, 9.17) is 0 Å². The van der Waals surface area contributed by atoms with Gasteiger partial charge < -0.3 is 4.74 Å². The molecule has 0 atom stereocenters. The Bertz CT molecular complexity index is 1180. The molecule has 28 heavy (non-hydrogen) atoms. The molecule has 1 aromatic carbocycles. The van der Waals surface area contributed by atoms with Crippen LogP contribution in [0.2, 0.25) is 0 Å². The number of benzene rings is 1. The Morgan fingerprint density at radius 1 is 0.857 bits per heavy atom. The first kappa shape index (κ1) is 20.3. The molecule has 148 valence electrons. The van der Waals surface area contributed by atoms with Gasteiger partial charge in [0.05, 0.1) is 24.0 Å². The standard InChI is InChI=1S/C16H14N2O6S4/c1-24-16(19)11-6-7-12(17-27(20,21)14-4-2-8-25-14)13(10-11)18-28(22,23)15-5-3-9-26-15/h2-10,17-18H,1H3. The summed E-state index contributed by atoms with van der Waals surface area (Å²) in [4.78, 5) is 11.8. The molecule has 2 N–H and O–H groups in total. The number of anilines is 2. The fourth-order valence-electron chi connectivity index (χ4n) is 2.19.